The van der Waals surface area contributed by atoms with E-state index in [2.05, 4.69) is 23.7 Å². The van der Waals surface area contributed by atoms with Gasteiger partial charge in [-0.05, 0) is 13.8 Å². The Balaban J connectivity index is 2.85. The van der Waals surface area contributed by atoms with Crippen molar-refractivity contribution in [2.75, 3.05) is 26.3 Å². The summed E-state index contributed by atoms with van der Waals surface area (Å²) in [4.78, 5) is 6.27. The first kappa shape index (κ1) is 25.4. The fraction of sp³-hybridized carbons (Fsp3) is 0.667. The maximum atomic E-state index is 13.7. The van der Waals surface area contributed by atoms with Gasteiger partial charge in [0.05, 0.1) is 13.2 Å². The Bertz CT molecular complexity index is 1040. The van der Waals surface area contributed by atoms with Crippen LogP contribution in [-0.2, 0) is 34.8 Å². The van der Waals surface area contributed by atoms with E-state index in [1.54, 1.807) is 0 Å². The first-order valence-electron chi connectivity index (χ1n) is 9.12. The third-order valence-electron chi connectivity index (χ3n) is 4.09. The number of nitrogens with one attached hydrogen (secondary N) is 1. The molecule has 2 heterocycles. The molecule has 2 rings (SSSR count). The summed E-state index contributed by atoms with van der Waals surface area (Å²) in [6, 6.07) is -0.725. The van der Waals surface area contributed by atoms with Gasteiger partial charge in [-0.25, -0.2) is 14.7 Å². The van der Waals surface area contributed by atoms with Gasteiger partial charge in [0.1, 0.15) is 5.56 Å². The van der Waals surface area contributed by atoms with E-state index in [0.29, 0.717) is 32.1 Å². The van der Waals surface area contributed by atoms with Crippen molar-refractivity contribution in [3.63, 3.8) is 0 Å². The van der Waals surface area contributed by atoms with Gasteiger partial charge in [0.15, 0.2) is 18.0 Å². The fourth-order valence-electron chi connectivity index (χ4n) is 2.78. The zero-order chi connectivity index (χ0) is 23.4. The Kier molecular flexibility index (Phi) is 7.96. The molecule has 1 aliphatic rings. The maximum absolute atomic E-state index is 13.7. The van der Waals surface area contributed by atoms with E-state index >= 15 is 0 Å². The van der Waals surface area contributed by atoms with E-state index in [4.69, 9.17) is 0 Å². The molecule has 0 unspecified atom stereocenters. The summed E-state index contributed by atoms with van der Waals surface area (Å²) in [5, 5.41) is 12.6. The number of hydrogen-bond acceptors (Lipinski definition) is 10. The molecule has 1 N–H and O–H groups in total. The first-order chi connectivity index (χ1) is 14.3. The van der Waals surface area contributed by atoms with Crippen molar-refractivity contribution in [3.05, 3.63) is 16.5 Å². The number of halogens is 3. The SMILES string of the molecule is CCOS(=O)(=O)c1nc(C(F)(F)F)c(C=[N+]([O-])C2CCNCC2)c(S(=O)(=O)OCC)n1. The highest BCUT2D eigenvalue weighted by atomic mass is 32.2. The zero-order valence-electron chi connectivity index (χ0n) is 16.5. The van der Waals surface area contributed by atoms with Gasteiger partial charge in [0.25, 0.3) is 5.16 Å². The van der Waals surface area contributed by atoms with Gasteiger partial charge in [-0.15, -0.1) is 0 Å². The van der Waals surface area contributed by atoms with Crippen molar-refractivity contribution in [2.45, 2.75) is 49.1 Å². The lowest BCUT2D eigenvalue weighted by Crippen LogP contribution is -2.37. The lowest BCUT2D eigenvalue weighted by atomic mass is 10.1. The number of rotatable bonds is 8. The quantitative estimate of drug-likeness (QED) is 0.104. The number of hydrogen-bond donors (Lipinski definition) is 1. The summed E-state index contributed by atoms with van der Waals surface area (Å²) in [6.07, 6.45) is -4.32. The van der Waals surface area contributed by atoms with Crippen molar-refractivity contribution < 1.29 is 43.1 Å². The van der Waals surface area contributed by atoms with Crippen LogP contribution < -0.4 is 5.32 Å². The minimum Gasteiger partial charge on any atom is -0.624 e. The summed E-state index contributed by atoms with van der Waals surface area (Å²) >= 11 is 0. The van der Waals surface area contributed by atoms with E-state index in [1.807, 2.05) is 0 Å². The second-order valence-corrected chi connectivity index (χ2v) is 9.30. The average molecular weight is 490 g/mol. The molecule has 1 saturated heterocycles. The first-order valence-corrected chi connectivity index (χ1v) is 11.9. The monoisotopic (exact) mass is 490 g/mol. The van der Waals surface area contributed by atoms with Gasteiger partial charge in [-0.1, -0.05) is 0 Å². The molecule has 1 aromatic heterocycles. The molecular weight excluding hydrogens is 469 g/mol. The van der Waals surface area contributed by atoms with Gasteiger partial charge < -0.3 is 10.5 Å². The van der Waals surface area contributed by atoms with Crippen LogP contribution in [-0.4, -0.2) is 70.1 Å². The van der Waals surface area contributed by atoms with Crippen molar-refractivity contribution >= 4 is 26.5 Å². The highest BCUT2D eigenvalue weighted by Gasteiger charge is 2.42. The molecule has 0 aliphatic carbocycles. The van der Waals surface area contributed by atoms with Crippen molar-refractivity contribution in [1.29, 1.82) is 0 Å². The van der Waals surface area contributed by atoms with Crippen LogP contribution in [0, 0.1) is 5.21 Å². The molecule has 0 radical (unpaired) electrons. The third-order valence-corrected chi connectivity index (χ3v) is 6.60. The molecular formula is C15H21F3N4O7S2. The summed E-state index contributed by atoms with van der Waals surface area (Å²) in [5.74, 6) is 0. The summed E-state index contributed by atoms with van der Waals surface area (Å²) in [7, 11) is -9.89. The van der Waals surface area contributed by atoms with E-state index in [9.17, 15) is 35.2 Å². The predicted molar refractivity (Wildman–Crippen MR) is 99.3 cm³/mol. The normalized spacial score (nSPS) is 17.1. The Morgan fingerprint density at radius 3 is 2.16 bits per heavy atom. The Labute approximate surface area is 177 Å². The predicted octanol–water partition coefficient (Wildman–Crippen LogP) is 0.627. The number of alkyl halides is 3. The van der Waals surface area contributed by atoms with E-state index in [-0.39, 0.29) is 4.74 Å². The Morgan fingerprint density at radius 1 is 1.10 bits per heavy atom. The van der Waals surface area contributed by atoms with E-state index < -0.39 is 67.1 Å². The highest BCUT2D eigenvalue weighted by molar-refractivity contribution is 7.87. The van der Waals surface area contributed by atoms with Crippen molar-refractivity contribution in [1.82, 2.24) is 15.3 Å². The second kappa shape index (κ2) is 9.72. The molecule has 1 fully saturated rings. The van der Waals surface area contributed by atoms with Crippen LogP contribution >= 0.6 is 0 Å². The molecule has 31 heavy (non-hydrogen) atoms. The summed E-state index contributed by atoms with van der Waals surface area (Å²) < 4.78 is 99.4. The summed E-state index contributed by atoms with van der Waals surface area (Å²) in [6.45, 7) is 2.44. The van der Waals surface area contributed by atoms with Crippen LogP contribution in [0.3, 0.4) is 0 Å². The molecule has 176 valence electrons. The standard InChI is InChI=1S/C15H21F3N4O7S2/c1-3-28-30(24,25)13-11(9-22(23)10-5-7-19-8-6-10)12(15(16,17)18)20-14(21-13)31(26,27)29-4-2/h9-10,19H,3-8H2,1-2H3. The largest absolute Gasteiger partial charge is 0.624 e. The van der Waals surface area contributed by atoms with Gasteiger partial charge in [0, 0.05) is 25.9 Å². The van der Waals surface area contributed by atoms with Gasteiger partial charge in [0.2, 0.25) is 5.03 Å². The molecule has 0 aromatic carbocycles. The molecule has 0 atom stereocenters. The Hall–Kier alpha value is -1.88. The number of hydroxylamine groups is 1. The summed E-state index contributed by atoms with van der Waals surface area (Å²) in [5.41, 5.74) is -3.14. The van der Waals surface area contributed by atoms with Gasteiger partial charge in [-0.3, -0.25) is 8.37 Å². The van der Waals surface area contributed by atoms with E-state index in [1.165, 1.54) is 13.8 Å². The topological polar surface area (TPSA) is 151 Å². The molecule has 0 amide bonds. The van der Waals surface area contributed by atoms with Crippen LogP contribution in [0.5, 0.6) is 0 Å². The second-order valence-electron chi connectivity index (χ2n) is 6.26. The van der Waals surface area contributed by atoms with Crippen molar-refractivity contribution in [2.24, 2.45) is 0 Å². The lowest BCUT2D eigenvalue weighted by molar-refractivity contribution is -0.499. The van der Waals surface area contributed by atoms with Crippen LogP contribution in [0.15, 0.2) is 10.2 Å². The molecule has 0 bridgehead atoms. The van der Waals surface area contributed by atoms with Gasteiger partial charge in [-0.2, -0.15) is 30.0 Å². The number of nitrogens with zero attached hydrogens (tertiary/aromatic N) is 3. The maximum Gasteiger partial charge on any atom is 0.434 e. The molecule has 1 aliphatic heterocycles. The molecule has 0 saturated carbocycles. The Morgan fingerprint density at radius 2 is 1.65 bits per heavy atom. The minimum atomic E-state index is -5.32. The minimum absolute atomic E-state index is 0.191. The molecule has 1 aromatic rings. The molecule has 0 spiro atoms. The smallest absolute Gasteiger partial charge is 0.434 e. The van der Waals surface area contributed by atoms with Crippen LogP contribution in [0.2, 0.25) is 0 Å². The molecule has 11 nitrogen and oxygen atoms in total. The van der Waals surface area contributed by atoms with Crippen LogP contribution in [0.25, 0.3) is 0 Å². The number of aromatic nitrogens is 2. The van der Waals surface area contributed by atoms with Crippen molar-refractivity contribution in [3.8, 4) is 0 Å². The third kappa shape index (κ3) is 6.09. The lowest BCUT2D eigenvalue weighted by Gasteiger charge is -2.22. The van der Waals surface area contributed by atoms with Gasteiger partial charge >= 0.3 is 26.4 Å². The fourth-order valence-corrected chi connectivity index (χ4v) is 4.70. The van der Waals surface area contributed by atoms with Crippen LogP contribution in [0.4, 0.5) is 13.2 Å². The average Bonchev–Trinajstić information content (AvgIpc) is 2.67. The highest BCUT2D eigenvalue weighted by Crippen LogP contribution is 2.33. The zero-order valence-corrected chi connectivity index (χ0v) is 18.2. The van der Waals surface area contributed by atoms with E-state index in [0.717, 1.165) is 0 Å². The number of piperidine rings is 1. The molecule has 16 heteroatoms. The van der Waals surface area contributed by atoms with Crippen LogP contribution in [0.1, 0.15) is 37.9 Å².